The second kappa shape index (κ2) is 9.33. The molecule has 0 bridgehead atoms. The normalized spacial score (nSPS) is 11.8. The zero-order chi connectivity index (χ0) is 20.8. The number of hydrogen-bond donors (Lipinski definition) is 0. The number of hydrogen-bond acceptors (Lipinski definition) is 5. The minimum Gasteiger partial charge on any atom is -0.421 e. The fourth-order valence-corrected chi connectivity index (χ4v) is 3.76. The lowest BCUT2D eigenvalue weighted by molar-refractivity contribution is -0.131. The maximum atomic E-state index is 12.1. The van der Waals surface area contributed by atoms with Gasteiger partial charge >= 0.3 is 5.97 Å². The van der Waals surface area contributed by atoms with Crippen molar-refractivity contribution in [3.63, 3.8) is 0 Å². The van der Waals surface area contributed by atoms with Crippen molar-refractivity contribution in [2.75, 3.05) is 0 Å². The maximum absolute atomic E-state index is 12.1. The van der Waals surface area contributed by atoms with Crippen molar-refractivity contribution in [1.29, 1.82) is 5.26 Å². The van der Waals surface area contributed by atoms with Crippen LogP contribution in [-0.2, 0) is 9.53 Å². The third kappa shape index (κ3) is 4.62. The van der Waals surface area contributed by atoms with E-state index in [-0.39, 0.29) is 11.3 Å². The summed E-state index contributed by atoms with van der Waals surface area (Å²) < 4.78 is 5.52. The van der Waals surface area contributed by atoms with E-state index >= 15 is 0 Å². The minimum absolute atomic E-state index is 0.0897. The Morgan fingerprint density at radius 3 is 2.62 bits per heavy atom. The average molecular weight is 421 g/mol. The summed E-state index contributed by atoms with van der Waals surface area (Å²) in [6, 6.07) is 16.9. The van der Waals surface area contributed by atoms with E-state index in [2.05, 4.69) is 11.1 Å². The van der Waals surface area contributed by atoms with Gasteiger partial charge in [0.2, 0.25) is 0 Å². The molecule has 144 valence electrons. The number of halogens is 1. The summed E-state index contributed by atoms with van der Waals surface area (Å²) in [4.78, 5) is 16.8. The summed E-state index contributed by atoms with van der Waals surface area (Å²) in [7, 11) is 0. The summed E-state index contributed by atoms with van der Waals surface area (Å²) in [6.07, 6.45) is 2.85. The van der Waals surface area contributed by atoms with Gasteiger partial charge in [-0.05, 0) is 31.5 Å². The fraction of sp³-hybridized carbons (Fsp3) is 0.0870. The summed E-state index contributed by atoms with van der Waals surface area (Å²) >= 11 is 7.63. The molecule has 0 spiro atoms. The van der Waals surface area contributed by atoms with Gasteiger partial charge < -0.3 is 4.74 Å². The summed E-state index contributed by atoms with van der Waals surface area (Å²) in [6.45, 7) is 3.71. The molecule has 29 heavy (non-hydrogen) atoms. The average Bonchev–Trinajstić information content (AvgIpc) is 3.18. The van der Waals surface area contributed by atoms with Crippen LogP contribution in [0.4, 0.5) is 0 Å². The number of nitrogens with zero attached hydrogens (tertiary/aromatic N) is 2. The molecule has 0 N–H and O–H groups in total. The summed E-state index contributed by atoms with van der Waals surface area (Å²) in [5, 5.41) is 12.6. The van der Waals surface area contributed by atoms with Crippen LogP contribution in [0, 0.1) is 18.3 Å². The van der Waals surface area contributed by atoms with Gasteiger partial charge in [0, 0.05) is 22.6 Å². The smallest absolute Gasteiger partial charge is 0.335 e. The van der Waals surface area contributed by atoms with Crippen LogP contribution in [0.1, 0.15) is 23.1 Å². The van der Waals surface area contributed by atoms with E-state index in [1.54, 1.807) is 37.3 Å². The van der Waals surface area contributed by atoms with Gasteiger partial charge in [0.15, 0.2) is 5.76 Å². The van der Waals surface area contributed by atoms with Crippen LogP contribution < -0.4 is 0 Å². The van der Waals surface area contributed by atoms with Crippen molar-refractivity contribution < 1.29 is 9.53 Å². The van der Waals surface area contributed by atoms with Crippen molar-refractivity contribution in [3.05, 3.63) is 87.2 Å². The quantitative estimate of drug-likeness (QED) is 0.211. The van der Waals surface area contributed by atoms with E-state index < -0.39 is 5.97 Å². The highest BCUT2D eigenvalue weighted by atomic mass is 35.5. The monoisotopic (exact) mass is 420 g/mol. The van der Waals surface area contributed by atoms with E-state index in [0.717, 1.165) is 16.8 Å². The zero-order valence-electron chi connectivity index (χ0n) is 15.8. The van der Waals surface area contributed by atoms with Crippen LogP contribution in [0.2, 0.25) is 5.02 Å². The molecule has 1 heterocycles. The predicted octanol–water partition coefficient (Wildman–Crippen LogP) is 6.28. The van der Waals surface area contributed by atoms with Crippen LogP contribution >= 0.6 is 22.9 Å². The predicted molar refractivity (Wildman–Crippen MR) is 117 cm³/mol. The Labute approximate surface area is 178 Å². The Hall–Kier alpha value is -3.20. The number of rotatable bonds is 5. The molecule has 0 amide bonds. The van der Waals surface area contributed by atoms with Crippen molar-refractivity contribution >= 4 is 40.2 Å². The Bertz CT molecular complexity index is 1160. The highest BCUT2D eigenvalue weighted by Crippen LogP contribution is 2.35. The first-order valence-electron chi connectivity index (χ1n) is 8.80. The first-order valence-corrected chi connectivity index (χ1v) is 10.1. The molecule has 3 aromatic rings. The third-order valence-corrected chi connectivity index (χ3v) is 5.29. The van der Waals surface area contributed by atoms with Crippen LogP contribution in [0.25, 0.3) is 22.6 Å². The Morgan fingerprint density at radius 1 is 1.21 bits per heavy atom. The number of carbonyl (C=O) groups is 1. The molecular formula is C23H17ClN2O2S. The summed E-state index contributed by atoms with van der Waals surface area (Å²) in [5.74, 6) is -0.502. The van der Waals surface area contributed by atoms with Gasteiger partial charge in [-0.3, -0.25) is 0 Å². The van der Waals surface area contributed by atoms with E-state index in [1.165, 1.54) is 17.4 Å². The molecule has 0 atom stereocenters. The molecular weight excluding hydrogens is 404 g/mol. The molecule has 2 aromatic carbocycles. The number of ether oxygens (including phenoxy) is 1. The Kier molecular flexibility index (Phi) is 6.61. The van der Waals surface area contributed by atoms with E-state index in [0.29, 0.717) is 15.6 Å². The van der Waals surface area contributed by atoms with E-state index in [1.807, 2.05) is 36.6 Å². The molecule has 0 aliphatic rings. The highest BCUT2D eigenvalue weighted by Gasteiger charge is 2.21. The van der Waals surface area contributed by atoms with Gasteiger partial charge in [0.05, 0.1) is 10.7 Å². The van der Waals surface area contributed by atoms with Crippen LogP contribution in [0.15, 0.2) is 66.1 Å². The fourth-order valence-electron chi connectivity index (χ4n) is 2.73. The molecule has 0 unspecified atom stereocenters. The zero-order valence-corrected chi connectivity index (χ0v) is 17.4. The Balaban J connectivity index is 2.16. The van der Waals surface area contributed by atoms with Gasteiger partial charge in [-0.1, -0.05) is 54.1 Å². The standard InChI is InChI=1S/C23H17ClN2O2S/c1-3-8-21(27)28-22(17-11-6-7-12-19(17)24)18(13-25)23-26-20(14-29-23)16-10-5-4-9-15(16)2/h3-12,14H,1-2H3/b8-3+,22-18?. The van der Waals surface area contributed by atoms with Gasteiger partial charge in [0.25, 0.3) is 0 Å². The number of esters is 1. The molecule has 4 nitrogen and oxygen atoms in total. The van der Waals surface area contributed by atoms with Crippen LogP contribution in [0.5, 0.6) is 0 Å². The topological polar surface area (TPSA) is 63.0 Å². The number of allylic oxidation sites excluding steroid dienone is 2. The number of nitriles is 1. The molecule has 0 aliphatic carbocycles. The van der Waals surface area contributed by atoms with Gasteiger partial charge in [-0.25, -0.2) is 9.78 Å². The first-order chi connectivity index (χ1) is 14.0. The minimum atomic E-state index is -0.592. The maximum Gasteiger partial charge on any atom is 0.335 e. The SMILES string of the molecule is C/C=C/C(=O)OC(=C(C#N)c1nc(-c2ccccc2C)cs1)c1ccccc1Cl. The molecule has 1 aromatic heterocycles. The lowest BCUT2D eigenvalue weighted by Gasteiger charge is -2.11. The molecule has 0 aliphatic heterocycles. The number of benzene rings is 2. The van der Waals surface area contributed by atoms with E-state index in [9.17, 15) is 10.1 Å². The lowest BCUT2D eigenvalue weighted by Crippen LogP contribution is -2.03. The molecule has 0 radical (unpaired) electrons. The second-order valence-corrected chi connectivity index (χ2v) is 7.33. The van der Waals surface area contributed by atoms with Crippen LogP contribution in [0.3, 0.4) is 0 Å². The third-order valence-electron chi connectivity index (χ3n) is 4.10. The first kappa shape index (κ1) is 20.5. The molecule has 0 saturated heterocycles. The number of thiazole rings is 1. The van der Waals surface area contributed by atoms with Crippen molar-refractivity contribution in [1.82, 2.24) is 4.98 Å². The largest absolute Gasteiger partial charge is 0.421 e. The molecule has 0 saturated carbocycles. The van der Waals surface area contributed by atoms with Crippen molar-refractivity contribution in [3.8, 4) is 17.3 Å². The van der Waals surface area contributed by atoms with Crippen LogP contribution in [-0.4, -0.2) is 11.0 Å². The van der Waals surface area contributed by atoms with Gasteiger partial charge in [-0.2, -0.15) is 5.26 Å². The second-order valence-electron chi connectivity index (χ2n) is 6.07. The molecule has 3 rings (SSSR count). The highest BCUT2D eigenvalue weighted by molar-refractivity contribution is 7.11. The van der Waals surface area contributed by atoms with Crippen molar-refractivity contribution in [2.24, 2.45) is 0 Å². The van der Waals surface area contributed by atoms with Gasteiger partial charge in [0.1, 0.15) is 16.6 Å². The Morgan fingerprint density at radius 2 is 1.93 bits per heavy atom. The number of aryl methyl sites for hydroxylation is 1. The number of carbonyl (C=O) groups excluding carboxylic acids is 1. The van der Waals surface area contributed by atoms with E-state index in [4.69, 9.17) is 16.3 Å². The lowest BCUT2D eigenvalue weighted by atomic mass is 10.1. The van der Waals surface area contributed by atoms with Crippen molar-refractivity contribution in [2.45, 2.75) is 13.8 Å². The summed E-state index contributed by atoms with van der Waals surface area (Å²) in [5.41, 5.74) is 3.43. The molecule has 6 heteroatoms. The van der Waals surface area contributed by atoms with Gasteiger partial charge in [-0.15, -0.1) is 11.3 Å². The molecule has 0 fully saturated rings. The number of aromatic nitrogens is 1.